The molecule has 164 valence electrons. The second-order valence-electron chi connectivity index (χ2n) is 8.67. The molecule has 0 saturated carbocycles. The van der Waals surface area contributed by atoms with E-state index in [4.69, 9.17) is 4.84 Å². The van der Waals surface area contributed by atoms with Gasteiger partial charge in [-0.05, 0) is 43.7 Å². The van der Waals surface area contributed by atoms with Gasteiger partial charge in [0.2, 0.25) is 5.91 Å². The lowest BCUT2D eigenvalue weighted by molar-refractivity contribution is -0.126. The minimum absolute atomic E-state index is 0.229. The summed E-state index contributed by atoms with van der Waals surface area (Å²) in [4.78, 5) is 38.4. The summed E-state index contributed by atoms with van der Waals surface area (Å²) in [5, 5.41) is 2.78. The van der Waals surface area contributed by atoms with Crippen molar-refractivity contribution in [3.63, 3.8) is 0 Å². The normalized spacial score (nSPS) is 22.4. The Balaban J connectivity index is 1.53. The molecule has 33 heavy (non-hydrogen) atoms. The number of imide groups is 1. The first kappa shape index (κ1) is 19.8. The van der Waals surface area contributed by atoms with Crippen LogP contribution in [0.4, 0.5) is 11.4 Å². The van der Waals surface area contributed by atoms with Crippen molar-refractivity contribution >= 4 is 34.1 Å². The number of nitrogens with one attached hydrogen (secondary N) is 1. The Labute approximate surface area is 191 Å². The largest absolute Gasteiger partial charge is 0.358 e. The third-order valence-corrected chi connectivity index (χ3v) is 6.72. The van der Waals surface area contributed by atoms with Crippen molar-refractivity contribution in [2.45, 2.75) is 26.0 Å². The summed E-state index contributed by atoms with van der Waals surface area (Å²) in [6.45, 7) is 3.91. The van der Waals surface area contributed by atoms with E-state index in [1.807, 2.05) is 92.7 Å². The Kier molecular flexibility index (Phi) is 4.38. The zero-order valence-corrected chi connectivity index (χ0v) is 18.4. The second-order valence-corrected chi connectivity index (χ2v) is 8.67. The van der Waals surface area contributed by atoms with Crippen molar-refractivity contribution in [3.8, 4) is 0 Å². The van der Waals surface area contributed by atoms with Crippen LogP contribution in [0.2, 0.25) is 0 Å². The van der Waals surface area contributed by atoms with E-state index in [-0.39, 0.29) is 11.8 Å². The molecular weight excluding hydrogens is 414 g/mol. The molecule has 3 heterocycles. The van der Waals surface area contributed by atoms with Gasteiger partial charge in [-0.1, -0.05) is 54.6 Å². The molecule has 3 aromatic carbocycles. The number of carbonyl (C=O) groups excluding carboxylic acids is 2. The SMILES string of the molecule is Cc1ccccc1N1C(=O)[C@@H]2[C@H](ON(c3ccccc3)[C@@H]2c2c(C)[nH]c3ccccc23)C1=O. The highest BCUT2D eigenvalue weighted by Crippen LogP contribution is 2.50. The van der Waals surface area contributed by atoms with Crippen LogP contribution in [0.1, 0.15) is 22.9 Å². The molecule has 2 saturated heterocycles. The number of fused-ring (bicyclic) bond motifs is 2. The maximum Gasteiger partial charge on any atom is 0.266 e. The second kappa shape index (κ2) is 7.32. The number of H-pyrrole nitrogens is 1. The van der Waals surface area contributed by atoms with E-state index in [1.165, 1.54) is 4.90 Å². The first-order valence-electron chi connectivity index (χ1n) is 11.1. The van der Waals surface area contributed by atoms with Gasteiger partial charge in [-0.2, -0.15) is 0 Å². The first-order chi connectivity index (χ1) is 16.1. The first-order valence-corrected chi connectivity index (χ1v) is 11.1. The molecule has 6 nitrogen and oxygen atoms in total. The summed E-state index contributed by atoms with van der Waals surface area (Å²) in [6.07, 6.45) is -0.879. The summed E-state index contributed by atoms with van der Waals surface area (Å²) >= 11 is 0. The number of nitrogens with zero attached hydrogens (tertiary/aromatic N) is 2. The maximum absolute atomic E-state index is 13.9. The lowest BCUT2D eigenvalue weighted by atomic mass is 9.89. The van der Waals surface area contributed by atoms with Crippen molar-refractivity contribution in [1.29, 1.82) is 0 Å². The highest BCUT2D eigenvalue weighted by molar-refractivity contribution is 6.24. The van der Waals surface area contributed by atoms with E-state index in [0.29, 0.717) is 5.69 Å². The summed E-state index contributed by atoms with van der Waals surface area (Å²) in [5.74, 6) is -1.21. The molecule has 0 bridgehead atoms. The Morgan fingerprint density at radius 3 is 2.30 bits per heavy atom. The fraction of sp³-hybridized carbons (Fsp3) is 0.185. The molecule has 0 radical (unpaired) electrons. The van der Waals surface area contributed by atoms with Gasteiger partial charge in [-0.25, -0.2) is 9.96 Å². The highest BCUT2D eigenvalue weighted by Gasteiger charge is 2.61. The molecule has 2 aliphatic rings. The van der Waals surface area contributed by atoms with Crippen molar-refractivity contribution in [2.75, 3.05) is 9.96 Å². The molecule has 1 N–H and O–H groups in total. The Morgan fingerprint density at radius 1 is 0.818 bits per heavy atom. The number of aromatic nitrogens is 1. The van der Waals surface area contributed by atoms with Gasteiger partial charge < -0.3 is 4.98 Å². The smallest absolute Gasteiger partial charge is 0.266 e. The molecule has 2 amide bonds. The van der Waals surface area contributed by atoms with E-state index in [0.717, 1.165) is 33.4 Å². The summed E-state index contributed by atoms with van der Waals surface area (Å²) in [6, 6.07) is 24.7. The third kappa shape index (κ3) is 2.84. The fourth-order valence-corrected chi connectivity index (χ4v) is 5.24. The number of anilines is 2. The molecule has 4 aromatic rings. The number of carbonyl (C=O) groups is 2. The number of rotatable bonds is 3. The summed E-state index contributed by atoms with van der Waals surface area (Å²) < 4.78 is 0. The number of benzene rings is 3. The molecule has 1 aromatic heterocycles. The Hall–Kier alpha value is -3.90. The van der Waals surface area contributed by atoms with E-state index in [2.05, 4.69) is 4.98 Å². The average molecular weight is 437 g/mol. The monoisotopic (exact) mass is 437 g/mol. The van der Waals surface area contributed by atoms with Crippen molar-refractivity contribution in [3.05, 3.63) is 95.7 Å². The molecule has 6 rings (SSSR count). The predicted octanol–water partition coefficient (Wildman–Crippen LogP) is 4.84. The van der Waals surface area contributed by atoms with Crippen LogP contribution in [-0.4, -0.2) is 22.9 Å². The van der Waals surface area contributed by atoms with Crippen LogP contribution in [0.15, 0.2) is 78.9 Å². The summed E-state index contributed by atoms with van der Waals surface area (Å²) in [5.41, 5.74) is 5.24. The van der Waals surface area contributed by atoms with Gasteiger partial charge in [0.25, 0.3) is 5.91 Å². The van der Waals surface area contributed by atoms with Gasteiger partial charge in [0.15, 0.2) is 6.10 Å². The van der Waals surface area contributed by atoms with Gasteiger partial charge in [-0.3, -0.25) is 14.4 Å². The van der Waals surface area contributed by atoms with Crippen LogP contribution in [0.3, 0.4) is 0 Å². The van der Waals surface area contributed by atoms with E-state index < -0.39 is 18.1 Å². The minimum Gasteiger partial charge on any atom is -0.358 e. The number of aryl methyl sites for hydroxylation is 2. The van der Waals surface area contributed by atoms with Gasteiger partial charge in [-0.15, -0.1) is 0 Å². The molecule has 0 unspecified atom stereocenters. The summed E-state index contributed by atoms with van der Waals surface area (Å²) in [7, 11) is 0. The third-order valence-electron chi connectivity index (χ3n) is 6.72. The maximum atomic E-state index is 13.9. The van der Waals surface area contributed by atoms with Crippen LogP contribution in [0.25, 0.3) is 10.9 Å². The van der Waals surface area contributed by atoms with E-state index in [9.17, 15) is 9.59 Å². The number of hydrogen-bond donors (Lipinski definition) is 1. The molecular formula is C27H23N3O3. The van der Waals surface area contributed by atoms with Crippen LogP contribution in [0, 0.1) is 19.8 Å². The number of hydroxylamine groups is 1. The number of aromatic amines is 1. The van der Waals surface area contributed by atoms with Crippen LogP contribution in [0.5, 0.6) is 0 Å². The lowest BCUT2D eigenvalue weighted by Crippen LogP contribution is -2.37. The number of hydrogen-bond acceptors (Lipinski definition) is 4. The van der Waals surface area contributed by atoms with Gasteiger partial charge in [0.1, 0.15) is 5.92 Å². The zero-order valence-electron chi connectivity index (χ0n) is 18.4. The Bertz CT molecular complexity index is 1390. The van der Waals surface area contributed by atoms with Crippen molar-refractivity contribution in [1.82, 2.24) is 4.98 Å². The molecule has 2 aliphatic heterocycles. The van der Waals surface area contributed by atoms with Crippen molar-refractivity contribution < 1.29 is 14.4 Å². The van der Waals surface area contributed by atoms with Gasteiger partial charge in [0, 0.05) is 22.2 Å². The Morgan fingerprint density at radius 2 is 1.52 bits per heavy atom. The molecule has 3 atom stereocenters. The van der Waals surface area contributed by atoms with Crippen molar-refractivity contribution in [2.24, 2.45) is 5.92 Å². The lowest BCUT2D eigenvalue weighted by Gasteiger charge is -2.29. The van der Waals surface area contributed by atoms with Crippen LogP contribution >= 0.6 is 0 Å². The predicted molar refractivity (Wildman–Crippen MR) is 127 cm³/mol. The minimum atomic E-state index is -0.879. The molecule has 2 fully saturated rings. The van der Waals surface area contributed by atoms with Gasteiger partial charge in [0.05, 0.1) is 17.4 Å². The van der Waals surface area contributed by atoms with Crippen LogP contribution < -0.4 is 9.96 Å². The quantitative estimate of drug-likeness (QED) is 0.466. The molecule has 0 aliphatic carbocycles. The topological polar surface area (TPSA) is 65.6 Å². The highest BCUT2D eigenvalue weighted by atomic mass is 16.7. The fourth-order valence-electron chi connectivity index (χ4n) is 5.24. The standard InChI is InChI=1S/C27H23N3O3/c1-16-10-6-9-15-21(16)29-26(31)23-24(22-17(2)28-20-14-8-7-13-19(20)22)30(33-25(23)27(29)32)18-11-4-3-5-12-18/h3-15,23-25,28H,1-2H3/t23-,24+,25-/m0/s1. The van der Waals surface area contributed by atoms with E-state index >= 15 is 0 Å². The van der Waals surface area contributed by atoms with E-state index in [1.54, 1.807) is 5.06 Å². The number of amides is 2. The molecule has 6 heteroatoms. The number of para-hydroxylation sites is 3. The van der Waals surface area contributed by atoms with Gasteiger partial charge >= 0.3 is 0 Å². The molecule has 0 spiro atoms. The average Bonchev–Trinajstić information content (AvgIpc) is 3.44. The zero-order chi connectivity index (χ0) is 22.7. The van der Waals surface area contributed by atoms with Crippen LogP contribution in [-0.2, 0) is 14.4 Å².